The van der Waals surface area contributed by atoms with Crippen molar-refractivity contribution in [2.24, 2.45) is 0 Å². The molecule has 1 N–H and O–H groups in total. The fraction of sp³-hybridized carbons (Fsp3) is 0.643. The second-order valence-corrected chi connectivity index (χ2v) is 8.20. The number of rotatable bonds is 8. The molecule has 2 heterocycles. The monoisotopic (exact) mass is 342 g/mol. The number of thiophene rings is 1. The minimum Gasteiger partial charge on any atom is -0.294 e. The van der Waals surface area contributed by atoms with E-state index in [-0.39, 0.29) is 19.0 Å². The Hall–Kier alpha value is -0.980. The highest BCUT2D eigenvalue weighted by molar-refractivity contribution is 7.87. The van der Waals surface area contributed by atoms with E-state index >= 15 is 0 Å². The summed E-state index contributed by atoms with van der Waals surface area (Å²) in [5.41, 5.74) is 0. The molecule has 0 aromatic carbocycles. The molecule has 122 valence electrons. The second-order valence-electron chi connectivity index (χ2n) is 5.36. The first-order valence-electron chi connectivity index (χ1n) is 7.40. The Bertz CT molecular complexity index is 589. The van der Waals surface area contributed by atoms with E-state index in [9.17, 15) is 8.42 Å². The third kappa shape index (κ3) is 4.51. The van der Waals surface area contributed by atoms with Crippen LogP contribution < -0.4 is 4.72 Å². The Balaban J connectivity index is 2.00. The lowest BCUT2D eigenvalue weighted by atomic mass is 10.2. The molecule has 0 aliphatic carbocycles. The smallest absolute Gasteiger partial charge is 0.279 e. The van der Waals surface area contributed by atoms with Crippen molar-refractivity contribution in [3.8, 4) is 6.07 Å². The van der Waals surface area contributed by atoms with Gasteiger partial charge >= 0.3 is 0 Å². The highest BCUT2D eigenvalue weighted by Crippen LogP contribution is 2.28. The van der Waals surface area contributed by atoms with Crippen molar-refractivity contribution >= 4 is 21.5 Å². The van der Waals surface area contributed by atoms with Crippen molar-refractivity contribution in [3.05, 3.63) is 22.4 Å². The van der Waals surface area contributed by atoms with Crippen LogP contribution in [-0.4, -0.2) is 50.8 Å². The van der Waals surface area contributed by atoms with E-state index in [1.807, 2.05) is 17.5 Å². The summed E-state index contributed by atoms with van der Waals surface area (Å²) in [5.74, 6) is 0. The lowest BCUT2D eigenvalue weighted by Crippen LogP contribution is -2.43. The topological polar surface area (TPSA) is 76.4 Å². The summed E-state index contributed by atoms with van der Waals surface area (Å²) >= 11 is 1.66. The van der Waals surface area contributed by atoms with Gasteiger partial charge in [0, 0.05) is 31.4 Å². The van der Waals surface area contributed by atoms with Gasteiger partial charge in [-0.3, -0.25) is 4.90 Å². The van der Waals surface area contributed by atoms with Crippen LogP contribution >= 0.6 is 11.3 Å². The molecule has 1 saturated heterocycles. The number of nitriles is 1. The van der Waals surface area contributed by atoms with Crippen LogP contribution in [0.5, 0.6) is 0 Å². The third-order valence-electron chi connectivity index (χ3n) is 3.86. The zero-order valence-corrected chi connectivity index (χ0v) is 14.4. The molecule has 0 spiro atoms. The molecule has 1 fully saturated rings. The van der Waals surface area contributed by atoms with Crippen molar-refractivity contribution in [3.63, 3.8) is 0 Å². The molecule has 1 aromatic rings. The number of hydrogen-bond donors (Lipinski definition) is 1. The summed E-state index contributed by atoms with van der Waals surface area (Å²) in [6.45, 7) is 2.59. The average molecular weight is 342 g/mol. The summed E-state index contributed by atoms with van der Waals surface area (Å²) in [6.07, 6.45) is 2.52. The van der Waals surface area contributed by atoms with E-state index in [0.29, 0.717) is 6.54 Å². The van der Waals surface area contributed by atoms with Crippen molar-refractivity contribution < 1.29 is 8.42 Å². The highest BCUT2D eigenvalue weighted by atomic mass is 32.2. The number of nitrogens with zero attached hydrogens (tertiary/aromatic N) is 3. The quantitative estimate of drug-likeness (QED) is 0.778. The maximum Gasteiger partial charge on any atom is 0.279 e. The van der Waals surface area contributed by atoms with Crippen LogP contribution in [0.2, 0.25) is 0 Å². The van der Waals surface area contributed by atoms with Gasteiger partial charge in [-0.2, -0.15) is 18.0 Å². The number of nitrogens with one attached hydrogen (secondary N) is 1. The van der Waals surface area contributed by atoms with E-state index in [4.69, 9.17) is 5.26 Å². The minimum absolute atomic E-state index is 0.0849. The van der Waals surface area contributed by atoms with Gasteiger partial charge in [0.1, 0.15) is 0 Å². The summed E-state index contributed by atoms with van der Waals surface area (Å²) in [6, 6.07) is 6.10. The molecule has 22 heavy (non-hydrogen) atoms. The fourth-order valence-electron chi connectivity index (χ4n) is 2.57. The summed E-state index contributed by atoms with van der Waals surface area (Å²) in [5, 5.41) is 10.6. The lowest BCUT2D eigenvalue weighted by Gasteiger charge is -2.27. The first-order chi connectivity index (χ1) is 10.5. The molecule has 1 aromatic heterocycles. The summed E-state index contributed by atoms with van der Waals surface area (Å²) in [4.78, 5) is 3.52. The van der Waals surface area contributed by atoms with Gasteiger partial charge in [0.15, 0.2) is 0 Å². The molecule has 2 rings (SSSR count). The molecule has 0 bridgehead atoms. The van der Waals surface area contributed by atoms with Crippen molar-refractivity contribution in [1.29, 1.82) is 5.26 Å². The van der Waals surface area contributed by atoms with Crippen molar-refractivity contribution in [1.82, 2.24) is 13.9 Å². The molecule has 6 nitrogen and oxygen atoms in total. The van der Waals surface area contributed by atoms with E-state index in [2.05, 4.69) is 15.7 Å². The standard InChI is InChI=1S/C14H22N4O2S2/c1-17(8-5-7-15)22(19,20)16-12-13(14-6-4-11-21-14)18-9-2-3-10-18/h4,6,11,13,16H,2-3,5,8-10,12H2,1H3. The minimum atomic E-state index is -3.54. The largest absolute Gasteiger partial charge is 0.294 e. The Labute approximate surface area is 136 Å². The first kappa shape index (κ1) is 17.4. The molecule has 1 atom stereocenters. The molecule has 1 aliphatic rings. The van der Waals surface area contributed by atoms with Crippen LogP contribution in [0.15, 0.2) is 17.5 Å². The van der Waals surface area contributed by atoms with Crippen LogP contribution in [0.1, 0.15) is 30.2 Å². The van der Waals surface area contributed by atoms with Crippen molar-refractivity contribution in [2.75, 3.05) is 33.2 Å². The number of hydrogen-bond acceptors (Lipinski definition) is 5. The highest BCUT2D eigenvalue weighted by Gasteiger charge is 2.26. The Morgan fingerprint density at radius 3 is 2.82 bits per heavy atom. The molecule has 0 saturated carbocycles. The van der Waals surface area contributed by atoms with E-state index in [1.54, 1.807) is 11.3 Å². The molecule has 8 heteroatoms. The predicted octanol–water partition coefficient (Wildman–Crippen LogP) is 1.56. The van der Waals surface area contributed by atoms with E-state index in [0.717, 1.165) is 25.9 Å². The maximum atomic E-state index is 12.2. The van der Waals surface area contributed by atoms with Crippen LogP contribution in [-0.2, 0) is 10.2 Å². The van der Waals surface area contributed by atoms with Gasteiger partial charge in [0.05, 0.1) is 12.1 Å². The van der Waals surface area contributed by atoms with Crippen LogP contribution in [0, 0.1) is 11.3 Å². The summed E-state index contributed by atoms with van der Waals surface area (Å²) < 4.78 is 28.3. The molecule has 1 unspecified atom stereocenters. The zero-order chi connectivity index (χ0) is 16.0. The Morgan fingerprint density at radius 2 is 2.23 bits per heavy atom. The molecule has 1 aliphatic heterocycles. The SMILES string of the molecule is CN(CCC#N)S(=O)(=O)NCC(c1cccs1)N1CCCC1. The van der Waals surface area contributed by atoms with Crippen LogP contribution in [0.3, 0.4) is 0 Å². The average Bonchev–Trinajstić information content (AvgIpc) is 3.18. The number of likely N-dealkylation sites (tertiary alicyclic amines) is 1. The predicted molar refractivity (Wildman–Crippen MR) is 87.6 cm³/mol. The van der Waals surface area contributed by atoms with E-state index in [1.165, 1.54) is 16.2 Å². The van der Waals surface area contributed by atoms with Gasteiger partial charge in [-0.1, -0.05) is 6.07 Å². The zero-order valence-electron chi connectivity index (χ0n) is 12.7. The summed E-state index contributed by atoms with van der Waals surface area (Å²) in [7, 11) is -2.04. The molecule has 0 amide bonds. The fourth-order valence-corrected chi connectivity index (χ4v) is 4.35. The molecular formula is C14H22N4O2S2. The van der Waals surface area contributed by atoms with Gasteiger partial charge in [0.25, 0.3) is 10.2 Å². The first-order valence-corrected chi connectivity index (χ1v) is 9.72. The van der Waals surface area contributed by atoms with E-state index < -0.39 is 10.2 Å². The van der Waals surface area contributed by atoms with Gasteiger partial charge in [-0.25, -0.2) is 4.72 Å². The van der Waals surface area contributed by atoms with Gasteiger partial charge in [-0.05, 0) is 37.4 Å². The Kier molecular flexibility index (Phi) is 6.35. The third-order valence-corrected chi connectivity index (χ3v) is 6.37. The Morgan fingerprint density at radius 1 is 1.50 bits per heavy atom. The maximum absolute atomic E-state index is 12.2. The second kappa shape index (κ2) is 8.04. The molecular weight excluding hydrogens is 320 g/mol. The van der Waals surface area contributed by atoms with Gasteiger partial charge in [0.2, 0.25) is 0 Å². The van der Waals surface area contributed by atoms with Crippen molar-refractivity contribution in [2.45, 2.75) is 25.3 Å². The lowest BCUT2D eigenvalue weighted by molar-refractivity contribution is 0.249. The van der Waals surface area contributed by atoms with Crippen LogP contribution in [0.25, 0.3) is 0 Å². The van der Waals surface area contributed by atoms with Gasteiger partial charge in [-0.15, -0.1) is 11.3 Å². The van der Waals surface area contributed by atoms with Gasteiger partial charge < -0.3 is 0 Å². The van der Waals surface area contributed by atoms with Crippen LogP contribution in [0.4, 0.5) is 0 Å². The normalized spacial score (nSPS) is 17.7. The molecule has 0 radical (unpaired) electrons.